The standard InChI is InChI=1S/C87H167NO5/c1-3-5-7-9-11-13-15-17-19-21-22-42-45-48-51-55-59-63-67-71-75-79-85(90)84(83-89)88-86(91)80-76-72-68-64-60-56-52-49-46-43-40-38-36-34-32-30-28-26-24-23-25-27-29-31-33-35-37-39-41-44-47-50-54-58-62-66-70-74-78-82-93-87(92)81-77-73-69-65-61-57-53-20-18-16-14-12-10-8-6-4-2/h20,23-24,53,75,79,84-85,89-90H,3-19,21-22,25-52,54-74,76-78,80-83H2,1-2H3,(H,88,91)/b24-23-,53-20-,79-75+. The number of aliphatic hydroxyl groups is 2. The fourth-order valence-corrected chi connectivity index (χ4v) is 13.6. The van der Waals surface area contributed by atoms with Crippen LogP contribution in [0.5, 0.6) is 0 Å². The fraction of sp³-hybridized carbons (Fsp3) is 0.908. The van der Waals surface area contributed by atoms with Gasteiger partial charge in [-0.2, -0.15) is 0 Å². The molecule has 0 aliphatic carbocycles. The van der Waals surface area contributed by atoms with E-state index in [9.17, 15) is 19.8 Å². The molecule has 0 aromatic rings. The first-order chi connectivity index (χ1) is 46.0. The Bertz CT molecular complexity index is 1510. The summed E-state index contributed by atoms with van der Waals surface area (Å²) in [5, 5.41) is 23.3. The van der Waals surface area contributed by atoms with E-state index >= 15 is 0 Å². The van der Waals surface area contributed by atoms with Gasteiger partial charge >= 0.3 is 5.97 Å². The van der Waals surface area contributed by atoms with Crippen LogP contribution in [-0.4, -0.2) is 47.4 Å². The number of unbranched alkanes of at least 4 members (excludes halogenated alkanes) is 66. The van der Waals surface area contributed by atoms with E-state index in [0.717, 1.165) is 44.9 Å². The van der Waals surface area contributed by atoms with Crippen LogP contribution >= 0.6 is 0 Å². The monoisotopic (exact) mass is 1310 g/mol. The zero-order valence-electron chi connectivity index (χ0n) is 63.3. The number of carbonyl (C=O) groups is 2. The molecule has 0 saturated carbocycles. The van der Waals surface area contributed by atoms with Gasteiger partial charge in [0.2, 0.25) is 5.91 Å². The number of allylic oxidation sites excluding steroid dienone is 5. The Morgan fingerprint density at radius 1 is 0.290 bits per heavy atom. The van der Waals surface area contributed by atoms with E-state index in [1.165, 1.54) is 411 Å². The third-order valence-corrected chi connectivity index (χ3v) is 20.1. The van der Waals surface area contributed by atoms with Crippen molar-refractivity contribution in [3.63, 3.8) is 0 Å². The lowest BCUT2D eigenvalue weighted by Crippen LogP contribution is -2.45. The number of hydrogen-bond donors (Lipinski definition) is 3. The topological polar surface area (TPSA) is 95.9 Å². The Hall–Kier alpha value is -1.92. The van der Waals surface area contributed by atoms with E-state index in [4.69, 9.17) is 4.74 Å². The van der Waals surface area contributed by atoms with Crippen molar-refractivity contribution >= 4 is 11.9 Å². The molecule has 0 bridgehead atoms. The highest BCUT2D eigenvalue weighted by atomic mass is 16.5. The first kappa shape index (κ1) is 91.1. The van der Waals surface area contributed by atoms with Crippen LogP contribution in [0, 0.1) is 0 Å². The van der Waals surface area contributed by atoms with Gasteiger partial charge in [0.1, 0.15) is 0 Å². The average Bonchev–Trinajstić information content (AvgIpc) is 3.78. The van der Waals surface area contributed by atoms with Crippen molar-refractivity contribution in [3.05, 3.63) is 36.5 Å². The summed E-state index contributed by atoms with van der Waals surface area (Å²) in [6.07, 6.45) is 109. The van der Waals surface area contributed by atoms with Gasteiger partial charge in [-0.05, 0) is 83.5 Å². The number of rotatable bonds is 81. The van der Waals surface area contributed by atoms with Crippen LogP contribution in [-0.2, 0) is 14.3 Å². The highest BCUT2D eigenvalue weighted by Gasteiger charge is 2.18. The Labute approximate surface area is 583 Å². The molecule has 0 aromatic carbocycles. The molecule has 0 heterocycles. The second-order valence-corrected chi connectivity index (χ2v) is 29.5. The second-order valence-electron chi connectivity index (χ2n) is 29.5. The number of amides is 1. The Morgan fingerprint density at radius 2 is 0.505 bits per heavy atom. The summed E-state index contributed by atoms with van der Waals surface area (Å²) in [5.41, 5.74) is 0. The van der Waals surface area contributed by atoms with Crippen molar-refractivity contribution in [2.45, 2.75) is 495 Å². The number of aliphatic hydroxyl groups excluding tert-OH is 2. The van der Waals surface area contributed by atoms with Crippen LogP contribution in [0.4, 0.5) is 0 Å². The molecule has 2 unspecified atom stereocenters. The van der Waals surface area contributed by atoms with Gasteiger partial charge in [0.15, 0.2) is 0 Å². The van der Waals surface area contributed by atoms with Crippen LogP contribution in [0.15, 0.2) is 36.5 Å². The van der Waals surface area contributed by atoms with E-state index in [1.54, 1.807) is 6.08 Å². The fourth-order valence-electron chi connectivity index (χ4n) is 13.6. The van der Waals surface area contributed by atoms with Crippen molar-refractivity contribution in [2.24, 2.45) is 0 Å². The largest absolute Gasteiger partial charge is 0.466 e. The normalized spacial score (nSPS) is 12.6. The van der Waals surface area contributed by atoms with Gasteiger partial charge in [-0.1, -0.05) is 423 Å². The van der Waals surface area contributed by atoms with Crippen LogP contribution < -0.4 is 5.32 Å². The molecule has 2 atom stereocenters. The molecule has 3 N–H and O–H groups in total. The third-order valence-electron chi connectivity index (χ3n) is 20.1. The Balaban J connectivity index is 3.34. The maximum Gasteiger partial charge on any atom is 0.305 e. The molecular formula is C87H167NO5. The predicted octanol–water partition coefficient (Wildman–Crippen LogP) is 28.6. The minimum Gasteiger partial charge on any atom is -0.466 e. The average molecular weight is 1310 g/mol. The lowest BCUT2D eigenvalue weighted by Gasteiger charge is -2.20. The van der Waals surface area contributed by atoms with Crippen LogP contribution in [0.1, 0.15) is 483 Å². The summed E-state index contributed by atoms with van der Waals surface area (Å²) < 4.78 is 5.51. The maximum atomic E-state index is 12.6. The van der Waals surface area contributed by atoms with Gasteiger partial charge < -0.3 is 20.3 Å². The minimum atomic E-state index is -0.843. The lowest BCUT2D eigenvalue weighted by atomic mass is 10.0. The van der Waals surface area contributed by atoms with Crippen molar-refractivity contribution in [2.75, 3.05) is 13.2 Å². The van der Waals surface area contributed by atoms with E-state index in [1.807, 2.05) is 6.08 Å². The molecule has 6 heteroatoms. The van der Waals surface area contributed by atoms with Crippen molar-refractivity contribution in [3.8, 4) is 0 Å². The number of hydrogen-bond acceptors (Lipinski definition) is 5. The highest BCUT2D eigenvalue weighted by Crippen LogP contribution is 2.20. The van der Waals surface area contributed by atoms with Gasteiger partial charge in [-0.3, -0.25) is 9.59 Å². The number of nitrogens with one attached hydrogen (secondary N) is 1. The van der Waals surface area contributed by atoms with E-state index in [-0.39, 0.29) is 18.5 Å². The van der Waals surface area contributed by atoms with Crippen LogP contribution in [0.2, 0.25) is 0 Å². The molecular weight excluding hydrogens is 1140 g/mol. The third kappa shape index (κ3) is 79.0. The number of esters is 1. The second kappa shape index (κ2) is 82.5. The van der Waals surface area contributed by atoms with Crippen molar-refractivity contribution < 1.29 is 24.5 Å². The molecule has 0 aliphatic heterocycles. The Kier molecular flexibility index (Phi) is 80.8. The molecule has 0 aliphatic rings. The molecule has 0 aromatic heterocycles. The SMILES string of the molecule is CCCCCCCCC/C=C\CCCCCCCC(=O)OCCCCCCCCCCCCCCCCCCCC/C=C\CCCCCCCCCCCCCCCCCCCC(=O)NC(CO)C(O)/C=C/CCCCCCCCCCCCCCCCCCCCC. The summed E-state index contributed by atoms with van der Waals surface area (Å²) in [4.78, 5) is 24.7. The Morgan fingerprint density at radius 3 is 0.763 bits per heavy atom. The van der Waals surface area contributed by atoms with Crippen LogP contribution in [0.25, 0.3) is 0 Å². The van der Waals surface area contributed by atoms with Gasteiger partial charge in [0, 0.05) is 12.8 Å². The van der Waals surface area contributed by atoms with Gasteiger partial charge in [-0.25, -0.2) is 0 Å². The summed E-state index contributed by atoms with van der Waals surface area (Å²) in [5.74, 6) is -0.0430. The zero-order chi connectivity index (χ0) is 67.0. The zero-order valence-corrected chi connectivity index (χ0v) is 63.3. The summed E-state index contributed by atoms with van der Waals surface area (Å²) in [6.45, 7) is 4.95. The van der Waals surface area contributed by atoms with E-state index < -0.39 is 12.1 Å². The molecule has 1 amide bonds. The summed E-state index contributed by atoms with van der Waals surface area (Å²) in [6, 6.07) is -0.626. The van der Waals surface area contributed by atoms with E-state index in [0.29, 0.717) is 19.4 Å². The van der Waals surface area contributed by atoms with Crippen molar-refractivity contribution in [1.82, 2.24) is 5.32 Å². The quantitative estimate of drug-likeness (QED) is 0.0320. The molecule has 0 fully saturated rings. The molecule has 0 saturated heterocycles. The van der Waals surface area contributed by atoms with Gasteiger partial charge in [0.05, 0.1) is 25.4 Å². The molecule has 93 heavy (non-hydrogen) atoms. The van der Waals surface area contributed by atoms with Crippen molar-refractivity contribution in [1.29, 1.82) is 0 Å². The molecule has 6 nitrogen and oxygen atoms in total. The molecule has 0 spiro atoms. The van der Waals surface area contributed by atoms with Crippen LogP contribution in [0.3, 0.4) is 0 Å². The summed E-state index contributed by atoms with van der Waals surface area (Å²) in [7, 11) is 0. The summed E-state index contributed by atoms with van der Waals surface area (Å²) >= 11 is 0. The van der Waals surface area contributed by atoms with Gasteiger partial charge in [0.25, 0.3) is 0 Å². The number of ether oxygens (including phenoxy) is 1. The number of carbonyl (C=O) groups excluding carboxylic acids is 2. The molecule has 0 rings (SSSR count). The van der Waals surface area contributed by atoms with Gasteiger partial charge in [-0.15, -0.1) is 0 Å². The maximum absolute atomic E-state index is 12.6. The molecule has 550 valence electrons. The predicted molar refractivity (Wildman–Crippen MR) is 412 cm³/mol. The minimum absolute atomic E-state index is 0.0158. The van der Waals surface area contributed by atoms with E-state index in [2.05, 4.69) is 43.5 Å². The highest BCUT2D eigenvalue weighted by molar-refractivity contribution is 5.76. The lowest BCUT2D eigenvalue weighted by molar-refractivity contribution is -0.143. The first-order valence-corrected chi connectivity index (χ1v) is 42.8. The first-order valence-electron chi connectivity index (χ1n) is 42.8. The smallest absolute Gasteiger partial charge is 0.305 e. The molecule has 0 radical (unpaired) electrons.